The molecule has 0 saturated carbocycles. The lowest BCUT2D eigenvalue weighted by atomic mass is 9.87. The van der Waals surface area contributed by atoms with E-state index in [-0.39, 0.29) is 23.9 Å². The second-order valence-corrected chi connectivity index (χ2v) is 7.35. The number of carbonyl (C=O) groups excluding carboxylic acids is 1. The zero-order valence-corrected chi connectivity index (χ0v) is 16.4. The van der Waals surface area contributed by atoms with Crippen LogP contribution in [0.25, 0.3) is 0 Å². The molecule has 150 valence electrons. The average Bonchev–Trinajstić information content (AvgIpc) is 3.06. The van der Waals surface area contributed by atoms with Gasteiger partial charge in [-0.25, -0.2) is 5.43 Å². The second kappa shape index (κ2) is 10.0. The van der Waals surface area contributed by atoms with Crippen molar-refractivity contribution < 1.29 is 14.3 Å². The topological polar surface area (TPSA) is 74.9 Å². The number of hydrogen-bond acceptors (Lipinski definition) is 6. The van der Waals surface area contributed by atoms with Crippen molar-refractivity contribution in [2.45, 2.75) is 31.8 Å². The molecule has 7 nitrogen and oxygen atoms in total. The Kier molecular flexibility index (Phi) is 7.46. The van der Waals surface area contributed by atoms with Gasteiger partial charge in [0.1, 0.15) is 5.75 Å². The summed E-state index contributed by atoms with van der Waals surface area (Å²) in [7, 11) is 1.67. The second-order valence-electron chi connectivity index (χ2n) is 7.35. The average molecular weight is 377 g/mol. The summed E-state index contributed by atoms with van der Waals surface area (Å²) in [5, 5.41) is 3.09. The molecule has 1 aromatic carbocycles. The van der Waals surface area contributed by atoms with Gasteiger partial charge < -0.3 is 14.8 Å². The highest BCUT2D eigenvalue weighted by Crippen LogP contribution is 2.32. The number of morpholine rings is 1. The van der Waals surface area contributed by atoms with Crippen molar-refractivity contribution in [2.24, 2.45) is 5.92 Å². The number of carbonyl (C=O) groups is 1. The van der Waals surface area contributed by atoms with Gasteiger partial charge in [0.2, 0.25) is 5.91 Å². The fraction of sp³-hybridized carbons (Fsp3) is 0.650. The SMILES string of the molecule is COc1ccc(C2NNC(C)C2CC(=O)NCCCN2CCOCC2)cc1. The fourth-order valence-corrected chi connectivity index (χ4v) is 3.80. The summed E-state index contributed by atoms with van der Waals surface area (Å²) in [6.45, 7) is 7.49. The summed E-state index contributed by atoms with van der Waals surface area (Å²) in [6.07, 6.45) is 1.49. The Morgan fingerprint density at radius 3 is 2.70 bits per heavy atom. The molecule has 3 rings (SSSR count). The van der Waals surface area contributed by atoms with E-state index in [1.54, 1.807) is 7.11 Å². The molecule has 0 radical (unpaired) electrons. The number of amides is 1. The summed E-state index contributed by atoms with van der Waals surface area (Å²) in [5.41, 5.74) is 7.78. The predicted octanol–water partition coefficient (Wildman–Crippen LogP) is 1.08. The first-order chi connectivity index (χ1) is 13.2. The maximum atomic E-state index is 12.5. The zero-order valence-electron chi connectivity index (χ0n) is 16.4. The van der Waals surface area contributed by atoms with Crippen LogP contribution >= 0.6 is 0 Å². The molecule has 3 N–H and O–H groups in total. The van der Waals surface area contributed by atoms with Gasteiger partial charge in [-0.2, -0.15) is 0 Å². The lowest BCUT2D eigenvalue weighted by Crippen LogP contribution is -2.38. The molecule has 2 aliphatic rings. The Morgan fingerprint density at radius 1 is 1.26 bits per heavy atom. The van der Waals surface area contributed by atoms with Crippen molar-refractivity contribution in [1.29, 1.82) is 0 Å². The third-order valence-electron chi connectivity index (χ3n) is 5.51. The minimum Gasteiger partial charge on any atom is -0.497 e. The monoisotopic (exact) mass is 376 g/mol. The molecule has 7 heteroatoms. The van der Waals surface area contributed by atoms with Crippen LogP contribution in [0.2, 0.25) is 0 Å². The van der Waals surface area contributed by atoms with Gasteiger partial charge in [-0.3, -0.25) is 15.1 Å². The molecule has 2 fully saturated rings. The molecule has 3 atom stereocenters. The van der Waals surface area contributed by atoms with Crippen molar-refractivity contribution in [3.63, 3.8) is 0 Å². The Bertz CT molecular complexity index is 589. The van der Waals surface area contributed by atoms with Crippen LogP contribution < -0.4 is 20.9 Å². The van der Waals surface area contributed by atoms with Crippen molar-refractivity contribution in [2.75, 3.05) is 46.5 Å². The van der Waals surface area contributed by atoms with Gasteiger partial charge >= 0.3 is 0 Å². The smallest absolute Gasteiger partial charge is 0.220 e. The molecule has 27 heavy (non-hydrogen) atoms. The van der Waals surface area contributed by atoms with Gasteiger partial charge in [0, 0.05) is 38.0 Å². The van der Waals surface area contributed by atoms with Gasteiger partial charge in [-0.1, -0.05) is 12.1 Å². The number of methoxy groups -OCH3 is 1. The van der Waals surface area contributed by atoms with Crippen molar-refractivity contribution >= 4 is 5.91 Å². The quantitative estimate of drug-likeness (QED) is 0.590. The molecule has 3 unspecified atom stereocenters. The lowest BCUT2D eigenvalue weighted by Gasteiger charge is -2.26. The summed E-state index contributed by atoms with van der Waals surface area (Å²) < 4.78 is 10.6. The number of ether oxygens (including phenoxy) is 2. The van der Waals surface area contributed by atoms with Crippen LogP contribution in [0.1, 0.15) is 31.4 Å². The first-order valence-corrected chi connectivity index (χ1v) is 9.89. The summed E-state index contributed by atoms with van der Waals surface area (Å²) in [4.78, 5) is 14.8. The number of hydrazine groups is 1. The van der Waals surface area contributed by atoms with Crippen LogP contribution in [-0.4, -0.2) is 63.4 Å². The van der Waals surface area contributed by atoms with Crippen molar-refractivity contribution in [3.8, 4) is 5.75 Å². The molecule has 1 amide bonds. The first kappa shape index (κ1) is 20.1. The molecule has 2 heterocycles. The van der Waals surface area contributed by atoms with E-state index < -0.39 is 0 Å². The number of nitrogens with one attached hydrogen (secondary N) is 3. The maximum Gasteiger partial charge on any atom is 0.220 e. The van der Waals surface area contributed by atoms with Gasteiger partial charge in [0.05, 0.1) is 26.4 Å². The van der Waals surface area contributed by atoms with Crippen LogP contribution in [0.5, 0.6) is 5.75 Å². The summed E-state index contributed by atoms with van der Waals surface area (Å²) in [6, 6.07) is 8.39. The van der Waals surface area contributed by atoms with Crippen LogP contribution in [0.3, 0.4) is 0 Å². The molecular weight excluding hydrogens is 344 g/mol. The van der Waals surface area contributed by atoms with E-state index in [1.165, 1.54) is 0 Å². The third-order valence-corrected chi connectivity index (χ3v) is 5.51. The number of nitrogens with zero attached hydrogens (tertiary/aromatic N) is 1. The van der Waals surface area contributed by atoms with E-state index in [1.807, 2.05) is 12.1 Å². The Morgan fingerprint density at radius 2 is 2.00 bits per heavy atom. The van der Waals surface area contributed by atoms with Crippen LogP contribution in [0.15, 0.2) is 24.3 Å². The normalized spacial score (nSPS) is 26.1. The first-order valence-electron chi connectivity index (χ1n) is 9.89. The summed E-state index contributed by atoms with van der Waals surface area (Å²) >= 11 is 0. The van der Waals surface area contributed by atoms with E-state index in [0.29, 0.717) is 6.42 Å². The number of rotatable bonds is 8. The van der Waals surface area contributed by atoms with E-state index in [4.69, 9.17) is 9.47 Å². The van der Waals surface area contributed by atoms with Gasteiger partial charge in [-0.05, 0) is 37.6 Å². The standard InChI is InChI=1S/C20H32N4O3/c1-15-18(20(23-22-15)16-4-6-17(26-2)7-5-16)14-19(25)21-8-3-9-24-10-12-27-13-11-24/h4-7,15,18,20,22-23H,3,8-14H2,1-2H3,(H,21,25). The molecular formula is C20H32N4O3. The molecule has 0 aromatic heterocycles. The highest BCUT2D eigenvalue weighted by molar-refractivity contribution is 5.76. The molecule has 2 aliphatic heterocycles. The fourth-order valence-electron chi connectivity index (χ4n) is 3.80. The van der Waals surface area contributed by atoms with Crippen LogP contribution in [0, 0.1) is 5.92 Å². The van der Waals surface area contributed by atoms with E-state index in [2.05, 4.69) is 40.1 Å². The van der Waals surface area contributed by atoms with Crippen molar-refractivity contribution in [1.82, 2.24) is 21.1 Å². The Hall–Kier alpha value is -1.67. The van der Waals surface area contributed by atoms with Gasteiger partial charge in [0.25, 0.3) is 0 Å². The Balaban J connectivity index is 1.44. The minimum absolute atomic E-state index is 0.116. The lowest BCUT2D eigenvalue weighted by molar-refractivity contribution is -0.122. The maximum absolute atomic E-state index is 12.5. The van der Waals surface area contributed by atoms with Crippen molar-refractivity contribution in [3.05, 3.63) is 29.8 Å². The molecule has 1 aromatic rings. The number of benzene rings is 1. The van der Waals surface area contributed by atoms with E-state index >= 15 is 0 Å². The largest absolute Gasteiger partial charge is 0.497 e. The van der Waals surface area contributed by atoms with Gasteiger partial charge in [0.15, 0.2) is 0 Å². The third kappa shape index (κ3) is 5.65. The minimum atomic E-state index is 0.116. The number of hydrogen-bond donors (Lipinski definition) is 3. The zero-order chi connectivity index (χ0) is 19.1. The Labute approximate surface area is 161 Å². The van der Waals surface area contributed by atoms with Gasteiger partial charge in [-0.15, -0.1) is 0 Å². The molecule has 0 aliphatic carbocycles. The molecule has 0 bridgehead atoms. The van der Waals surface area contributed by atoms with Crippen LogP contribution in [-0.2, 0) is 9.53 Å². The van der Waals surface area contributed by atoms with Crippen LogP contribution in [0.4, 0.5) is 0 Å². The summed E-state index contributed by atoms with van der Waals surface area (Å²) in [5.74, 6) is 1.17. The van der Waals surface area contributed by atoms with E-state index in [9.17, 15) is 4.79 Å². The predicted molar refractivity (Wildman–Crippen MR) is 104 cm³/mol. The highest BCUT2D eigenvalue weighted by atomic mass is 16.5. The molecule has 2 saturated heterocycles. The molecule has 0 spiro atoms. The van der Waals surface area contributed by atoms with E-state index in [0.717, 1.165) is 57.1 Å². The highest BCUT2D eigenvalue weighted by Gasteiger charge is 2.35.